The molecule has 0 saturated carbocycles. The zero-order valence-corrected chi connectivity index (χ0v) is 12.7. The number of hydrogen-bond donors (Lipinski definition) is 1. The summed E-state index contributed by atoms with van der Waals surface area (Å²) in [5, 5.41) is 4.24. The average molecular weight is 348 g/mol. The molecule has 2 rings (SSSR count). The van der Waals surface area contributed by atoms with E-state index in [1.54, 1.807) is 25.3 Å². The van der Waals surface area contributed by atoms with Gasteiger partial charge in [0, 0.05) is 11.9 Å². The van der Waals surface area contributed by atoms with Gasteiger partial charge in [-0.3, -0.25) is 4.68 Å². The van der Waals surface area contributed by atoms with Crippen molar-refractivity contribution in [1.82, 2.24) is 9.78 Å². The summed E-state index contributed by atoms with van der Waals surface area (Å²) in [6, 6.07) is 3.49. The Morgan fingerprint density at radius 1 is 1.47 bits per heavy atom. The van der Waals surface area contributed by atoms with E-state index in [1.165, 1.54) is 4.68 Å². The molecule has 0 aliphatic carbocycles. The lowest BCUT2D eigenvalue weighted by Crippen LogP contribution is -2.14. The number of furan rings is 1. The smallest absolute Gasteiger partial charge is 0.169 e. The van der Waals surface area contributed by atoms with Crippen molar-refractivity contribution in [1.29, 1.82) is 0 Å². The Kier molecular flexibility index (Phi) is 4.00. The third-order valence-corrected chi connectivity index (χ3v) is 4.78. The van der Waals surface area contributed by atoms with Crippen molar-refractivity contribution in [2.24, 2.45) is 0 Å². The van der Waals surface area contributed by atoms with Crippen molar-refractivity contribution < 1.29 is 12.8 Å². The second-order valence-electron chi connectivity index (χ2n) is 4.04. The summed E-state index contributed by atoms with van der Waals surface area (Å²) in [6.45, 7) is 1.90. The van der Waals surface area contributed by atoms with Gasteiger partial charge in [-0.2, -0.15) is 5.10 Å². The van der Waals surface area contributed by atoms with E-state index in [2.05, 4.69) is 21.0 Å². The molecule has 0 aliphatic heterocycles. The van der Waals surface area contributed by atoms with Gasteiger partial charge in [0.05, 0.1) is 18.0 Å². The number of nitrogens with zero attached hydrogens (tertiary/aromatic N) is 2. The summed E-state index contributed by atoms with van der Waals surface area (Å²) < 4.78 is 30.4. The summed E-state index contributed by atoms with van der Waals surface area (Å²) in [4.78, 5) is 0. The van der Waals surface area contributed by atoms with E-state index in [9.17, 15) is 8.42 Å². The van der Waals surface area contributed by atoms with Crippen LogP contribution in [-0.2, 0) is 16.4 Å². The molecular formula is C11H14BrN3O3S. The molecule has 0 aliphatic rings. The lowest BCUT2D eigenvalue weighted by Gasteiger charge is -2.01. The van der Waals surface area contributed by atoms with Crippen LogP contribution in [0.3, 0.4) is 0 Å². The SMILES string of the molecule is CCS(=O)(=O)CCn1cc(N)c(-c2ccc(Br)o2)n1. The lowest BCUT2D eigenvalue weighted by molar-refractivity contribution is 0.550. The largest absolute Gasteiger partial charge is 0.448 e. The van der Waals surface area contributed by atoms with Gasteiger partial charge in [0.25, 0.3) is 0 Å². The zero-order valence-electron chi connectivity index (χ0n) is 10.3. The quantitative estimate of drug-likeness (QED) is 0.891. The third kappa shape index (κ3) is 3.38. The minimum absolute atomic E-state index is 0.0475. The number of rotatable bonds is 5. The molecule has 0 amide bonds. The Hall–Kier alpha value is -1.28. The number of anilines is 1. The Bertz CT molecular complexity index is 675. The fourth-order valence-corrected chi connectivity index (χ4v) is 2.62. The summed E-state index contributed by atoms with van der Waals surface area (Å²) in [5.74, 6) is 0.717. The Morgan fingerprint density at radius 2 is 2.21 bits per heavy atom. The minimum atomic E-state index is -3.01. The van der Waals surface area contributed by atoms with Gasteiger partial charge in [-0.05, 0) is 28.1 Å². The van der Waals surface area contributed by atoms with Crippen LogP contribution in [0.25, 0.3) is 11.5 Å². The maximum atomic E-state index is 11.4. The van der Waals surface area contributed by atoms with E-state index in [0.29, 0.717) is 21.8 Å². The van der Waals surface area contributed by atoms with Gasteiger partial charge in [-0.15, -0.1) is 0 Å². The molecule has 2 aromatic heterocycles. The highest BCUT2D eigenvalue weighted by Crippen LogP contribution is 2.27. The number of halogens is 1. The predicted octanol–water partition coefficient (Wildman–Crippen LogP) is 1.92. The maximum Gasteiger partial charge on any atom is 0.169 e. The summed E-state index contributed by atoms with van der Waals surface area (Å²) in [6.07, 6.45) is 1.61. The predicted molar refractivity (Wildman–Crippen MR) is 76.4 cm³/mol. The van der Waals surface area contributed by atoms with Gasteiger partial charge < -0.3 is 10.2 Å². The van der Waals surface area contributed by atoms with Crippen molar-refractivity contribution in [3.05, 3.63) is 23.0 Å². The number of sulfone groups is 1. The molecule has 0 spiro atoms. The Labute approximate surface area is 119 Å². The normalized spacial score (nSPS) is 11.9. The van der Waals surface area contributed by atoms with Crippen LogP contribution in [0.2, 0.25) is 0 Å². The highest BCUT2D eigenvalue weighted by atomic mass is 79.9. The first-order valence-electron chi connectivity index (χ1n) is 5.70. The molecule has 2 heterocycles. The van der Waals surface area contributed by atoms with Gasteiger partial charge in [0.15, 0.2) is 26.0 Å². The molecule has 0 aromatic carbocycles. The fourth-order valence-electron chi connectivity index (χ4n) is 1.56. The summed E-state index contributed by atoms with van der Waals surface area (Å²) >= 11 is 3.21. The van der Waals surface area contributed by atoms with Gasteiger partial charge in [0.1, 0.15) is 0 Å². The van der Waals surface area contributed by atoms with Crippen molar-refractivity contribution in [3.8, 4) is 11.5 Å². The molecular weight excluding hydrogens is 334 g/mol. The van der Waals surface area contributed by atoms with Crippen molar-refractivity contribution in [2.75, 3.05) is 17.2 Å². The second-order valence-corrected chi connectivity index (χ2v) is 7.29. The second kappa shape index (κ2) is 5.38. The van der Waals surface area contributed by atoms with Crippen molar-refractivity contribution >= 4 is 31.5 Å². The average Bonchev–Trinajstić information content (AvgIpc) is 2.93. The van der Waals surface area contributed by atoms with Crippen LogP contribution < -0.4 is 5.73 Å². The van der Waals surface area contributed by atoms with Gasteiger partial charge in [0.2, 0.25) is 0 Å². The fraction of sp³-hybridized carbons (Fsp3) is 0.364. The maximum absolute atomic E-state index is 11.4. The molecule has 6 nitrogen and oxygen atoms in total. The van der Waals surface area contributed by atoms with E-state index in [1.807, 2.05) is 0 Å². The highest BCUT2D eigenvalue weighted by Gasteiger charge is 2.14. The van der Waals surface area contributed by atoms with Gasteiger partial charge in [-0.1, -0.05) is 6.92 Å². The topological polar surface area (TPSA) is 91.1 Å². The van der Waals surface area contributed by atoms with E-state index >= 15 is 0 Å². The molecule has 8 heteroatoms. The number of nitrogens with two attached hydrogens (primary N) is 1. The molecule has 2 aromatic rings. The molecule has 0 fully saturated rings. The monoisotopic (exact) mass is 347 g/mol. The van der Waals surface area contributed by atoms with E-state index < -0.39 is 9.84 Å². The first-order valence-corrected chi connectivity index (χ1v) is 8.32. The van der Waals surface area contributed by atoms with Crippen LogP contribution in [0.1, 0.15) is 6.92 Å². The van der Waals surface area contributed by atoms with Crippen LogP contribution in [-0.4, -0.2) is 29.7 Å². The number of aromatic nitrogens is 2. The van der Waals surface area contributed by atoms with Gasteiger partial charge >= 0.3 is 0 Å². The summed E-state index contributed by atoms with van der Waals surface area (Å²) in [7, 11) is -3.01. The molecule has 19 heavy (non-hydrogen) atoms. The van der Waals surface area contributed by atoms with E-state index in [-0.39, 0.29) is 18.1 Å². The first kappa shape index (κ1) is 14.1. The van der Waals surface area contributed by atoms with Crippen LogP contribution >= 0.6 is 15.9 Å². The molecule has 0 radical (unpaired) electrons. The standard InChI is InChI=1S/C11H14BrN3O3S/c1-2-19(16,17)6-5-15-7-8(13)11(14-15)9-3-4-10(12)18-9/h3-4,7H,2,5-6,13H2,1H3. The van der Waals surface area contributed by atoms with Crippen molar-refractivity contribution in [2.45, 2.75) is 13.5 Å². The van der Waals surface area contributed by atoms with Crippen LogP contribution in [0.15, 0.2) is 27.4 Å². The molecule has 104 valence electrons. The van der Waals surface area contributed by atoms with Crippen LogP contribution in [0.5, 0.6) is 0 Å². The van der Waals surface area contributed by atoms with Crippen LogP contribution in [0.4, 0.5) is 5.69 Å². The number of nitrogen functional groups attached to an aromatic ring is 1. The lowest BCUT2D eigenvalue weighted by atomic mass is 10.3. The molecule has 0 unspecified atom stereocenters. The molecule has 0 atom stereocenters. The molecule has 0 bridgehead atoms. The number of hydrogen-bond acceptors (Lipinski definition) is 5. The number of aryl methyl sites for hydroxylation is 1. The van der Waals surface area contributed by atoms with Crippen molar-refractivity contribution in [3.63, 3.8) is 0 Å². The van der Waals surface area contributed by atoms with E-state index in [0.717, 1.165) is 0 Å². The third-order valence-electron chi connectivity index (χ3n) is 2.67. The Morgan fingerprint density at radius 3 is 2.79 bits per heavy atom. The molecule has 2 N–H and O–H groups in total. The van der Waals surface area contributed by atoms with Gasteiger partial charge in [-0.25, -0.2) is 8.42 Å². The van der Waals surface area contributed by atoms with E-state index in [4.69, 9.17) is 10.2 Å². The molecule has 0 saturated heterocycles. The summed E-state index contributed by atoms with van der Waals surface area (Å²) in [5.41, 5.74) is 6.81. The highest BCUT2D eigenvalue weighted by molar-refractivity contribution is 9.10. The zero-order chi connectivity index (χ0) is 14.0. The minimum Gasteiger partial charge on any atom is -0.448 e. The van der Waals surface area contributed by atoms with Crippen LogP contribution in [0, 0.1) is 0 Å². The Balaban J connectivity index is 2.18. The first-order chi connectivity index (χ1) is 8.91.